The van der Waals surface area contributed by atoms with Gasteiger partial charge in [-0.1, -0.05) is 34.6 Å². The third kappa shape index (κ3) is 4.74. The molecule has 0 aliphatic carbocycles. The molecule has 0 radical (unpaired) electrons. The summed E-state index contributed by atoms with van der Waals surface area (Å²) in [6, 6.07) is 8.40. The number of aromatic nitrogens is 7. The van der Waals surface area contributed by atoms with Crippen molar-refractivity contribution in [1.82, 2.24) is 34.5 Å². The van der Waals surface area contributed by atoms with Gasteiger partial charge < -0.3 is 4.90 Å². The molecule has 0 spiro atoms. The summed E-state index contributed by atoms with van der Waals surface area (Å²) in [6.07, 6.45) is 15.9. The van der Waals surface area contributed by atoms with Gasteiger partial charge in [-0.15, -0.1) is 0 Å². The van der Waals surface area contributed by atoms with Crippen molar-refractivity contribution in [2.75, 3.05) is 11.9 Å². The van der Waals surface area contributed by atoms with E-state index in [2.05, 4.69) is 91.0 Å². The Morgan fingerprint density at radius 1 is 0.800 bits per heavy atom. The number of nitrogens with zero attached hydrogens (tertiary/aromatic N) is 8. The molecule has 0 amide bonds. The third-order valence-electron chi connectivity index (χ3n) is 7.55. The van der Waals surface area contributed by atoms with E-state index in [9.17, 15) is 0 Å². The summed E-state index contributed by atoms with van der Waals surface area (Å²) < 4.78 is 1.88. The SMILES string of the molecule is CN(Cc1cnc2c(C(C)(C)C)cnn2c1)c1cc(CC(C)(C)c2cncc3cccnc23)cc2nccnc12. The lowest BCUT2D eigenvalue weighted by molar-refractivity contribution is 0.524. The van der Waals surface area contributed by atoms with Gasteiger partial charge in [-0.05, 0) is 47.1 Å². The molecule has 0 atom stereocenters. The van der Waals surface area contributed by atoms with Crippen LogP contribution in [0.2, 0.25) is 0 Å². The maximum atomic E-state index is 4.78. The first kappa shape index (κ1) is 25.8. The van der Waals surface area contributed by atoms with Crippen molar-refractivity contribution in [3.63, 3.8) is 0 Å². The van der Waals surface area contributed by atoms with Crippen LogP contribution in [0.3, 0.4) is 0 Å². The minimum absolute atomic E-state index is 0.0168. The monoisotopic (exact) mass is 530 g/mol. The van der Waals surface area contributed by atoms with Crippen LogP contribution in [0, 0.1) is 0 Å². The highest BCUT2D eigenvalue weighted by Gasteiger charge is 2.26. The first-order valence-corrected chi connectivity index (χ1v) is 13.6. The van der Waals surface area contributed by atoms with E-state index in [1.807, 2.05) is 41.6 Å². The van der Waals surface area contributed by atoms with Crippen LogP contribution in [0.5, 0.6) is 0 Å². The highest BCUT2D eigenvalue weighted by Crippen LogP contribution is 2.34. The second kappa shape index (κ2) is 9.62. The zero-order valence-electron chi connectivity index (χ0n) is 23.9. The summed E-state index contributed by atoms with van der Waals surface area (Å²) in [6.45, 7) is 11.7. The van der Waals surface area contributed by atoms with Crippen molar-refractivity contribution in [2.24, 2.45) is 0 Å². The van der Waals surface area contributed by atoms with E-state index >= 15 is 0 Å². The van der Waals surface area contributed by atoms with Gasteiger partial charge in [0.25, 0.3) is 0 Å². The van der Waals surface area contributed by atoms with Crippen LogP contribution in [0.15, 0.2) is 73.8 Å². The van der Waals surface area contributed by atoms with Crippen LogP contribution < -0.4 is 4.90 Å². The van der Waals surface area contributed by atoms with Crippen molar-refractivity contribution < 1.29 is 0 Å². The Bertz CT molecular complexity index is 1840. The quantitative estimate of drug-likeness (QED) is 0.258. The molecule has 8 nitrogen and oxygen atoms in total. The Kier molecular flexibility index (Phi) is 6.21. The van der Waals surface area contributed by atoms with Crippen LogP contribution in [0.1, 0.15) is 56.9 Å². The summed E-state index contributed by atoms with van der Waals surface area (Å²) in [7, 11) is 2.09. The molecule has 202 valence electrons. The molecule has 5 aromatic heterocycles. The summed E-state index contributed by atoms with van der Waals surface area (Å²) in [4.78, 5) is 25.6. The largest absolute Gasteiger partial charge is 0.368 e. The third-order valence-corrected chi connectivity index (χ3v) is 7.55. The minimum atomic E-state index is -0.202. The molecule has 0 fully saturated rings. The van der Waals surface area contributed by atoms with Crippen molar-refractivity contribution >= 4 is 33.3 Å². The molecule has 0 N–H and O–H groups in total. The molecule has 0 aliphatic heterocycles. The second-order valence-corrected chi connectivity index (χ2v) is 12.3. The van der Waals surface area contributed by atoms with Crippen LogP contribution in [0.4, 0.5) is 5.69 Å². The maximum absolute atomic E-state index is 4.78. The van der Waals surface area contributed by atoms with Crippen LogP contribution >= 0.6 is 0 Å². The Labute approximate surface area is 234 Å². The van der Waals surface area contributed by atoms with Crippen LogP contribution in [0.25, 0.3) is 27.6 Å². The standard InChI is InChI=1S/C32H34N8/c1-31(2,3)25-18-38-40-20-22(15-37-30(25)40)19-39(6)27-13-21(12-26-29(27)36-11-10-34-26)14-32(4,5)24-17-33-16-23-8-7-9-35-28(23)24/h7-13,15-18,20H,14,19H2,1-6H3. The number of pyridine rings is 2. The van der Waals surface area contributed by atoms with E-state index in [0.29, 0.717) is 6.54 Å². The fourth-order valence-electron chi connectivity index (χ4n) is 5.49. The number of hydrogen-bond acceptors (Lipinski definition) is 7. The summed E-state index contributed by atoms with van der Waals surface area (Å²) in [5.41, 5.74) is 8.98. The predicted molar refractivity (Wildman–Crippen MR) is 160 cm³/mol. The lowest BCUT2D eigenvalue weighted by Gasteiger charge is -2.27. The molecule has 6 rings (SSSR count). The molecule has 0 saturated carbocycles. The van der Waals surface area contributed by atoms with Crippen molar-refractivity contribution in [3.8, 4) is 0 Å². The van der Waals surface area contributed by atoms with Gasteiger partial charge in [0, 0.05) is 79.0 Å². The smallest absolute Gasteiger partial charge is 0.158 e. The number of fused-ring (bicyclic) bond motifs is 3. The average molecular weight is 531 g/mol. The molecule has 8 heteroatoms. The topological polar surface area (TPSA) is 85.0 Å². The van der Waals surface area contributed by atoms with E-state index in [-0.39, 0.29) is 10.8 Å². The van der Waals surface area contributed by atoms with Gasteiger partial charge in [-0.3, -0.25) is 19.9 Å². The Balaban J connectivity index is 1.34. The number of benzene rings is 1. The van der Waals surface area contributed by atoms with Gasteiger partial charge in [0.1, 0.15) is 5.52 Å². The molecule has 40 heavy (non-hydrogen) atoms. The highest BCUT2D eigenvalue weighted by atomic mass is 15.2. The van der Waals surface area contributed by atoms with E-state index in [4.69, 9.17) is 9.97 Å². The lowest BCUT2D eigenvalue weighted by Crippen LogP contribution is -2.22. The molecule has 0 aliphatic rings. The molecule has 0 saturated heterocycles. The van der Waals surface area contributed by atoms with Crippen LogP contribution in [-0.4, -0.2) is 41.6 Å². The normalized spacial score (nSPS) is 12.4. The van der Waals surface area contributed by atoms with E-state index in [1.165, 1.54) is 5.56 Å². The molecular formula is C32H34N8. The molecule has 0 bridgehead atoms. The summed E-state index contributed by atoms with van der Waals surface area (Å²) in [5.74, 6) is 0. The first-order chi connectivity index (χ1) is 19.1. The fraction of sp³-hybridized carbons (Fsp3) is 0.312. The van der Waals surface area contributed by atoms with E-state index < -0.39 is 0 Å². The molecule has 5 heterocycles. The Morgan fingerprint density at radius 3 is 2.42 bits per heavy atom. The number of rotatable bonds is 6. The number of anilines is 1. The molecule has 1 aromatic carbocycles. The first-order valence-electron chi connectivity index (χ1n) is 13.6. The fourth-order valence-corrected chi connectivity index (χ4v) is 5.49. The van der Waals surface area contributed by atoms with Gasteiger partial charge in [-0.2, -0.15) is 5.10 Å². The summed E-state index contributed by atoms with van der Waals surface area (Å²) in [5, 5.41) is 5.63. The molecule has 6 aromatic rings. The molecular weight excluding hydrogens is 496 g/mol. The van der Waals surface area contributed by atoms with Gasteiger partial charge in [0.15, 0.2) is 5.65 Å². The minimum Gasteiger partial charge on any atom is -0.368 e. The number of hydrogen-bond donors (Lipinski definition) is 0. The van der Waals surface area contributed by atoms with E-state index in [0.717, 1.165) is 56.4 Å². The van der Waals surface area contributed by atoms with Crippen molar-refractivity contribution in [2.45, 2.75) is 58.4 Å². The Morgan fingerprint density at radius 2 is 1.60 bits per heavy atom. The van der Waals surface area contributed by atoms with Gasteiger partial charge in [0.2, 0.25) is 0 Å². The zero-order chi connectivity index (χ0) is 28.1. The predicted octanol–water partition coefficient (Wildman–Crippen LogP) is 6.07. The Hall–Kier alpha value is -4.46. The van der Waals surface area contributed by atoms with E-state index in [1.54, 1.807) is 12.4 Å². The molecule has 0 unspecified atom stereocenters. The van der Waals surface area contributed by atoms with Crippen molar-refractivity contribution in [3.05, 3.63) is 96.1 Å². The zero-order valence-corrected chi connectivity index (χ0v) is 23.9. The highest BCUT2D eigenvalue weighted by molar-refractivity contribution is 5.89. The lowest BCUT2D eigenvalue weighted by atomic mass is 9.79. The van der Waals surface area contributed by atoms with Crippen molar-refractivity contribution in [1.29, 1.82) is 0 Å². The van der Waals surface area contributed by atoms with Gasteiger partial charge >= 0.3 is 0 Å². The average Bonchev–Trinajstić information content (AvgIpc) is 3.36. The van der Waals surface area contributed by atoms with Gasteiger partial charge in [0.05, 0.1) is 22.9 Å². The maximum Gasteiger partial charge on any atom is 0.158 e. The second-order valence-electron chi connectivity index (χ2n) is 12.3. The van der Waals surface area contributed by atoms with Crippen LogP contribution in [-0.2, 0) is 23.8 Å². The summed E-state index contributed by atoms with van der Waals surface area (Å²) >= 11 is 0. The van der Waals surface area contributed by atoms with Gasteiger partial charge in [-0.25, -0.2) is 9.50 Å².